The number of benzene rings is 1. The molecule has 1 aromatic heterocycles. The number of para-hydroxylation sites is 1. The lowest BCUT2D eigenvalue weighted by Gasteiger charge is -2.30. The number of amides is 2. The van der Waals surface area contributed by atoms with Gasteiger partial charge in [0.2, 0.25) is 0 Å². The van der Waals surface area contributed by atoms with Gasteiger partial charge in [-0.15, -0.1) is 0 Å². The van der Waals surface area contributed by atoms with Crippen molar-refractivity contribution < 1.29 is 23.5 Å². The molecule has 0 saturated heterocycles. The lowest BCUT2D eigenvalue weighted by molar-refractivity contribution is -0.149. The maximum absolute atomic E-state index is 12.6. The summed E-state index contributed by atoms with van der Waals surface area (Å²) in [6.07, 6.45) is 1.97. The number of hydrogen-bond acceptors (Lipinski definition) is 6. The van der Waals surface area contributed by atoms with Gasteiger partial charge < -0.3 is 14.5 Å². The first-order chi connectivity index (χ1) is 11.2. The van der Waals surface area contributed by atoms with Gasteiger partial charge in [-0.2, -0.15) is 0 Å². The summed E-state index contributed by atoms with van der Waals surface area (Å²) in [6, 6.07) is 8.58. The first kappa shape index (κ1) is 14.8. The Kier molecular flexibility index (Phi) is 4.09. The molecule has 2 aromatic rings. The van der Waals surface area contributed by atoms with Crippen LogP contribution in [0.2, 0.25) is 0 Å². The Balaban J connectivity index is 1.80. The first-order valence-corrected chi connectivity index (χ1v) is 6.99. The van der Waals surface area contributed by atoms with E-state index in [0.29, 0.717) is 16.8 Å². The molecule has 1 aromatic carbocycles. The SMILES string of the molecule is O=COC(Cc1ccoc1)C(=O)N1CNc2ccccc2C1=O. The molecule has 0 saturated carbocycles. The number of carbonyl (C=O) groups is 3. The fourth-order valence-electron chi connectivity index (χ4n) is 2.44. The van der Waals surface area contributed by atoms with Crippen molar-refractivity contribution in [3.05, 3.63) is 54.0 Å². The van der Waals surface area contributed by atoms with Gasteiger partial charge in [-0.05, 0) is 23.8 Å². The van der Waals surface area contributed by atoms with Gasteiger partial charge in [-0.1, -0.05) is 12.1 Å². The average Bonchev–Trinajstić information content (AvgIpc) is 3.08. The van der Waals surface area contributed by atoms with Crippen molar-refractivity contribution in [3.63, 3.8) is 0 Å². The molecule has 7 nitrogen and oxygen atoms in total. The Morgan fingerprint density at radius 3 is 2.96 bits per heavy atom. The van der Waals surface area contributed by atoms with Crippen molar-refractivity contribution in [2.75, 3.05) is 12.0 Å². The second-order valence-corrected chi connectivity index (χ2v) is 5.01. The zero-order valence-electron chi connectivity index (χ0n) is 12.1. The predicted octanol–water partition coefficient (Wildman–Crippen LogP) is 1.42. The van der Waals surface area contributed by atoms with Crippen LogP contribution >= 0.6 is 0 Å². The van der Waals surface area contributed by atoms with Crippen molar-refractivity contribution in [2.45, 2.75) is 12.5 Å². The molecule has 23 heavy (non-hydrogen) atoms. The minimum Gasteiger partial charge on any atom is -0.472 e. The largest absolute Gasteiger partial charge is 0.472 e. The van der Waals surface area contributed by atoms with Crippen LogP contribution in [0.3, 0.4) is 0 Å². The van der Waals surface area contributed by atoms with Gasteiger partial charge in [0.25, 0.3) is 18.3 Å². The van der Waals surface area contributed by atoms with Crippen LogP contribution in [0.5, 0.6) is 0 Å². The van der Waals surface area contributed by atoms with E-state index >= 15 is 0 Å². The summed E-state index contributed by atoms with van der Waals surface area (Å²) >= 11 is 0. The third kappa shape index (κ3) is 2.94. The van der Waals surface area contributed by atoms with Gasteiger partial charge in [0.05, 0.1) is 24.8 Å². The smallest absolute Gasteiger partial charge is 0.293 e. The van der Waals surface area contributed by atoms with Crippen molar-refractivity contribution in [1.82, 2.24) is 4.90 Å². The van der Waals surface area contributed by atoms with E-state index in [0.717, 1.165) is 4.90 Å². The van der Waals surface area contributed by atoms with E-state index in [9.17, 15) is 14.4 Å². The summed E-state index contributed by atoms with van der Waals surface area (Å²) in [5.74, 6) is -0.999. The zero-order chi connectivity index (χ0) is 16.2. The minimum atomic E-state index is -1.08. The van der Waals surface area contributed by atoms with E-state index in [2.05, 4.69) is 5.32 Å². The fourth-order valence-corrected chi connectivity index (χ4v) is 2.44. The maximum atomic E-state index is 12.6. The summed E-state index contributed by atoms with van der Waals surface area (Å²) in [6.45, 7) is 0.233. The Morgan fingerprint density at radius 1 is 1.39 bits per heavy atom. The average molecular weight is 314 g/mol. The number of rotatable bonds is 5. The molecule has 0 fully saturated rings. The topological polar surface area (TPSA) is 88.8 Å². The number of anilines is 1. The van der Waals surface area contributed by atoms with E-state index < -0.39 is 17.9 Å². The van der Waals surface area contributed by atoms with Crippen LogP contribution in [-0.4, -0.2) is 36.0 Å². The monoisotopic (exact) mass is 314 g/mol. The number of imide groups is 1. The van der Waals surface area contributed by atoms with E-state index in [1.54, 1.807) is 30.3 Å². The van der Waals surface area contributed by atoms with Crippen molar-refractivity contribution in [2.24, 2.45) is 0 Å². The van der Waals surface area contributed by atoms with Gasteiger partial charge in [-0.3, -0.25) is 19.3 Å². The normalized spacial score (nSPS) is 14.6. The van der Waals surface area contributed by atoms with Gasteiger partial charge >= 0.3 is 0 Å². The zero-order valence-corrected chi connectivity index (χ0v) is 12.1. The van der Waals surface area contributed by atoms with Crippen LogP contribution < -0.4 is 5.32 Å². The van der Waals surface area contributed by atoms with Crippen LogP contribution in [0.1, 0.15) is 15.9 Å². The van der Waals surface area contributed by atoms with Crippen LogP contribution in [0.4, 0.5) is 5.69 Å². The molecule has 0 aliphatic carbocycles. The lowest BCUT2D eigenvalue weighted by Crippen LogP contribution is -2.49. The molecule has 2 amide bonds. The molecule has 1 unspecified atom stereocenters. The van der Waals surface area contributed by atoms with Gasteiger partial charge in [0.1, 0.15) is 0 Å². The standard InChI is InChI=1S/C16H14N2O5/c19-10-23-14(7-11-5-6-22-8-11)16(21)18-9-17-13-4-2-1-3-12(13)15(18)20/h1-6,8,10,14,17H,7,9H2. The molecule has 1 N–H and O–H groups in total. The van der Waals surface area contributed by atoms with Crippen LogP contribution in [-0.2, 0) is 20.7 Å². The molecule has 1 aliphatic rings. The molecular formula is C16H14N2O5. The summed E-state index contributed by atoms with van der Waals surface area (Å²) in [4.78, 5) is 36.8. The van der Waals surface area contributed by atoms with Crippen LogP contribution in [0.15, 0.2) is 47.3 Å². The Morgan fingerprint density at radius 2 is 2.22 bits per heavy atom. The van der Waals surface area contributed by atoms with Gasteiger partial charge in [-0.25, -0.2) is 0 Å². The number of fused-ring (bicyclic) bond motifs is 1. The molecule has 118 valence electrons. The summed E-state index contributed by atoms with van der Waals surface area (Å²) in [5, 5.41) is 3.00. The number of nitrogens with one attached hydrogen (secondary N) is 1. The number of hydrogen-bond donors (Lipinski definition) is 1. The third-order valence-electron chi connectivity index (χ3n) is 3.59. The highest BCUT2D eigenvalue weighted by Crippen LogP contribution is 2.22. The summed E-state index contributed by atoms with van der Waals surface area (Å²) in [7, 11) is 0. The Bertz CT molecular complexity index is 726. The van der Waals surface area contributed by atoms with Crippen LogP contribution in [0, 0.1) is 0 Å². The van der Waals surface area contributed by atoms with Gasteiger partial charge in [0.15, 0.2) is 6.10 Å². The predicted molar refractivity (Wildman–Crippen MR) is 79.5 cm³/mol. The molecule has 0 radical (unpaired) electrons. The highest BCUT2D eigenvalue weighted by Gasteiger charge is 2.34. The highest BCUT2D eigenvalue weighted by atomic mass is 16.5. The number of carbonyl (C=O) groups excluding carboxylic acids is 3. The number of nitrogens with zero attached hydrogens (tertiary/aromatic N) is 1. The maximum Gasteiger partial charge on any atom is 0.293 e. The quantitative estimate of drug-likeness (QED) is 0.840. The Hall–Kier alpha value is -3.09. The number of ether oxygens (including phenoxy) is 1. The second kappa shape index (κ2) is 6.35. The highest BCUT2D eigenvalue weighted by molar-refractivity contribution is 6.10. The van der Waals surface area contributed by atoms with Gasteiger partial charge in [0, 0.05) is 12.1 Å². The van der Waals surface area contributed by atoms with E-state index in [4.69, 9.17) is 9.15 Å². The van der Waals surface area contributed by atoms with Crippen molar-refractivity contribution in [1.29, 1.82) is 0 Å². The first-order valence-electron chi connectivity index (χ1n) is 6.99. The molecule has 2 heterocycles. The fraction of sp³-hybridized carbons (Fsp3) is 0.188. The molecule has 7 heteroatoms. The molecule has 0 spiro atoms. The Labute approximate surface area is 131 Å². The minimum absolute atomic E-state index is 0.0266. The molecule has 0 bridgehead atoms. The van der Waals surface area contributed by atoms with E-state index in [-0.39, 0.29) is 19.6 Å². The molecule has 1 aliphatic heterocycles. The molecule has 1 atom stereocenters. The van der Waals surface area contributed by atoms with E-state index in [1.165, 1.54) is 12.5 Å². The third-order valence-corrected chi connectivity index (χ3v) is 3.59. The molecular weight excluding hydrogens is 300 g/mol. The summed E-state index contributed by atoms with van der Waals surface area (Å²) in [5.41, 5.74) is 1.77. The van der Waals surface area contributed by atoms with E-state index in [1.807, 2.05) is 0 Å². The molecule has 3 rings (SSSR count). The lowest BCUT2D eigenvalue weighted by atomic mass is 10.1. The van der Waals surface area contributed by atoms with Crippen molar-refractivity contribution >= 4 is 24.0 Å². The van der Waals surface area contributed by atoms with Crippen molar-refractivity contribution in [3.8, 4) is 0 Å². The van der Waals surface area contributed by atoms with Crippen LogP contribution in [0.25, 0.3) is 0 Å². The number of furan rings is 1. The summed E-state index contributed by atoms with van der Waals surface area (Å²) < 4.78 is 9.81. The second-order valence-electron chi connectivity index (χ2n) is 5.01.